The molecule has 0 bridgehead atoms. The maximum Gasteiger partial charge on any atom is 0.120 e. The second-order valence-electron chi connectivity index (χ2n) is 3.98. The first-order chi connectivity index (χ1) is 8.15. The van der Waals surface area contributed by atoms with Crippen LogP contribution in [0.15, 0.2) is 42.5 Å². The summed E-state index contributed by atoms with van der Waals surface area (Å²) in [5.41, 5.74) is 8.41. The maximum atomic E-state index is 9.32. The molecule has 88 valence electrons. The lowest BCUT2D eigenvalue weighted by molar-refractivity contribution is 0.305. The van der Waals surface area contributed by atoms with Crippen LogP contribution in [0.25, 0.3) is 0 Å². The number of anilines is 1. The van der Waals surface area contributed by atoms with E-state index in [0.29, 0.717) is 6.61 Å². The van der Waals surface area contributed by atoms with Crippen LogP contribution in [0, 0.1) is 6.92 Å². The first kappa shape index (κ1) is 11.3. The molecular weight excluding hydrogens is 214 g/mol. The first-order valence-electron chi connectivity index (χ1n) is 5.42. The largest absolute Gasteiger partial charge is 0.508 e. The average Bonchev–Trinajstić information content (AvgIpc) is 2.31. The van der Waals surface area contributed by atoms with Crippen LogP contribution in [0.2, 0.25) is 0 Å². The van der Waals surface area contributed by atoms with Crippen molar-refractivity contribution in [3.05, 3.63) is 53.6 Å². The molecule has 0 amide bonds. The molecule has 3 heteroatoms. The highest BCUT2D eigenvalue weighted by Crippen LogP contribution is 2.20. The molecule has 0 saturated carbocycles. The van der Waals surface area contributed by atoms with Gasteiger partial charge in [0.1, 0.15) is 18.1 Å². The van der Waals surface area contributed by atoms with Crippen molar-refractivity contribution < 1.29 is 9.84 Å². The fourth-order valence-electron chi connectivity index (χ4n) is 1.55. The smallest absolute Gasteiger partial charge is 0.120 e. The van der Waals surface area contributed by atoms with E-state index in [-0.39, 0.29) is 5.75 Å². The number of ether oxygens (including phenoxy) is 1. The molecule has 0 heterocycles. The number of phenols is 1. The number of benzene rings is 2. The molecule has 3 N–H and O–H groups in total. The van der Waals surface area contributed by atoms with Crippen LogP contribution in [-0.4, -0.2) is 5.11 Å². The molecule has 0 aliphatic rings. The van der Waals surface area contributed by atoms with Crippen LogP contribution in [-0.2, 0) is 6.61 Å². The van der Waals surface area contributed by atoms with E-state index >= 15 is 0 Å². The van der Waals surface area contributed by atoms with Crippen molar-refractivity contribution in [1.82, 2.24) is 0 Å². The number of aromatic hydroxyl groups is 1. The molecule has 17 heavy (non-hydrogen) atoms. The molecule has 0 atom stereocenters. The summed E-state index contributed by atoms with van der Waals surface area (Å²) in [6, 6.07) is 12.6. The molecular formula is C14H15NO2. The fraction of sp³-hybridized carbons (Fsp3) is 0.143. The number of aryl methyl sites for hydroxylation is 1. The van der Waals surface area contributed by atoms with Crippen LogP contribution in [0.5, 0.6) is 11.5 Å². The molecule has 0 saturated heterocycles. The average molecular weight is 229 g/mol. The third kappa shape index (κ3) is 2.91. The highest BCUT2D eigenvalue weighted by Gasteiger charge is 1.99. The number of rotatable bonds is 3. The van der Waals surface area contributed by atoms with Crippen LogP contribution >= 0.6 is 0 Å². The molecule has 0 fully saturated rings. The zero-order valence-corrected chi connectivity index (χ0v) is 9.68. The second kappa shape index (κ2) is 4.78. The monoisotopic (exact) mass is 229 g/mol. The Morgan fingerprint density at radius 2 is 2.00 bits per heavy atom. The summed E-state index contributed by atoms with van der Waals surface area (Å²) < 4.78 is 5.62. The Hall–Kier alpha value is -2.16. The number of nitrogens with two attached hydrogens (primary N) is 1. The van der Waals surface area contributed by atoms with Gasteiger partial charge in [-0.2, -0.15) is 0 Å². The van der Waals surface area contributed by atoms with Gasteiger partial charge < -0.3 is 15.6 Å². The zero-order chi connectivity index (χ0) is 12.3. The molecule has 0 radical (unpaired) electrons. The van der Waals surface area contributed by atoms with E-state index in [1.165, 1.54) is 0 Å². The summed E-state index contributed by atoms with van der Waals surface area (Å²) in [5.74, 6) is 1.03. The highest BCUT2D eigenvalue weighted by molar-refractivity contribution is 5.49. The van der Waals surface area contributed by atoms with Crippen molar-refractivity contribution in [2.45, 2.75) is 13.5 Å². The van der Waals surface area contributed by atoms with Gasteiger partial charge in [0.15, 0.2) is 0 Å². The minimum atomic E-state index is 0.250. The fourth-order valence-corrected chi connectivity index (χ4v) is 1.55. The standard InChI is InChI=1S/C14H15NO2/c1-10-7-13(5-6-14(10)15)17-9-11-3-2-4-12(16)8-11/h2-8,16H,9,15H2,1H3. The minimum absolute atomic E-state index is 0.250. The van der Waals surface area contributed by atoms with Crippen LogP contribution in [0.1, 0.15) is 11.1 Å². The Kier molecular flexibility index (Phi) is 3.19. The second-order valence-corrected chi connectivity index (χ2v) is 3.98. The van der Waals surface area contributed by atoms with Gasteiger partial charge in [-0.1, -0.05) is 12.1 Å². The molecule has 3 nitrogen and oxygen atoms in total. The highest BCUT2D eigenvalue weighted by atomic mass is 16.5. The molecule has 0 aromatic heterocycles. The maximum absolute atomic E-state index is 9.32. The molecule has 2 aromatic carbocycles. The van der Waals surface area contributed by atoms with E-state index in [1.807, 2.05) is 31.2 Å². The molecule has 0 aliphatic carbocycles. The molecule has 2 aromatic rings. The van der Waals surface area contributed by atoms with Gasteiger partial charge >= 0.3 is 0 Å². The lowest BCUT2D eigenvalue weighted by Gasteiger charge is -2.08. The number of hydrogen-bond acceptors (Lipinski definition) is 3. The predicted octanol–water partition coefficient (Wildman–Crippen LogP) is 2.86. The Morgan fingerprint density at radius 3 is 2.71 bits per heavy atom. The van der Waals surface area contributed by atoms with Crippen LogP contribution < -0.4 is 10.5 Å². The van der Waals surface area contributed by atoms with Gasteiger partial charge in [0.2, 0.25) is 0 Å². The molecule has 0 aliphatic heterocycles. The quantitative estimate of drug-likeness (QED) is 0.796. The summed E-state index contributed by atoms with van der Waals surface area (Å²) >= 11 is 0. The van der Waals surface area contributed by atoms with E-state index in [9.17, 15) is 5.11 Å². The van der Waals surface area contributed by atoms with Crippen molar-refractivity contribution >= 4 is 5.69 Å². The molecule has 0 spiro atoms. The van der Waals surface area contributed by atoms with Gasteiger partial charge in [-0.3, -0.25) is 0 Å². The third-order valence-corrected chi connectivity index (χ3v) is 2.56. The van der Waals surface area contributed by atoms with Gasteiger partial charge in [0.05, 0.1) is 0 Å². The number of phenolic OH excluding ortho intramolecular Hbond substituents is 1. The van der Waals surface area contributed by atoms with Crippen molar-refractivity contribution in [2.24, 2.45) is 0 Å². The zero-order valence-electron chi connectivity index (χ0n) is 9.68. The summed E-state index contributed by atoms with van der Waals surface area (Å²) in [4.78, 5) is 0. The predicted molar refractivity (Wildman–Crippen MR) is 68.0 cm³/mol. The lowest BCUT2D eigenvalue weighted by atomic mass is 10.2. The lowest BCUT2D eigenvalue weighted by Crippen LogP contribution is -1.96. The normalized spacial score (nSPS) is 10.2. The van der Waals surface area contributed by atoms with E-state index in [4.69, 9.17) is 10.5 Å². The molecule has 2 rings (SSSR count). The van der Waals surface area contributed by atoms with E-state index in [2.05, 4.69) is 0 Å². The van der Waals surface area contributed by atoms with Gasteiger partial charge in [-0.25, -0.2) is 0 Å². The Labute approximate surface area is 100 Å². The van der Waals surface area contributed by atoms with Gasteiger partial charge in [0.25, 0.3) is 0 Å². The van der Waals surface area contributed by atoms with E-state index < -0.39 is 0 Å². The topological polar surface area (TPSA) is 55.5 Å². The number of hydrogen-bond donors (Lipinski definition) is 2. The summed E-state index contributed by atoms with van der Waals surface area (Å²) in [6.45, 7) is 2.37. The third-order valence-electron chi connectivity index (χ3n) is 2.56. The Morgan fingerprint density at radius 1 is 1.18 bits per heavy atom. The van der Waals surface area contributed by atoms with Crippen molar-refractivity contribution in [3.8, 4) is 11.5 Å². The van der Waals surface area contributed by atoms with Crippen molar-refractivity contribution in [1.29, 1.82) is 0 Å². The van der Waals surface area contributed by atoms with Gasteiger partial charge in [-0.05, 0) is 48.4 Å². The SMILES string of the molecule is Cc1cc(OCc2cccc(O)c2)ccc1N. The first-order valence-corrected chi connectivity index (χ1v) is 5.42. The van der Waals surface area contributed by atoms with E-state index in [1.54, 1.807) is 18.2 Å². The Bertz CT molecular complexity index is 523. The van der Waals surface area contributed by atoms with Crippen molar-refractivity contribution in [3.63, 3.8) is 0 Å². The van der Waals surface area contributed by atoms with Gasteiger partial charge in [0, 0.05) is 5.69 Å². The van der Waals surface area contributed by atoms with Gasteiger partial charge in [-0.15, -0.1) is 0 Å². The molecule has 0 unspecified atom stereocenters. The Balaban J connectivity index is 2.05. The van der Waals surface area contributed by atoms with Crippen LogP contribution in [0.4, 0.5) is 5.69 Å². The number of nitrogen functional groups attached to an aromatic ring is 1. The minimum Gasteiger partial charge on any atom is -0.508 e. The van der Waals surface area contributed by atoms with E-state index in [0.717, 1.165) is 22.6 Å². The summed E-state index contributed by atoms with van der Waals surface area (Å²) in [6.07, 6.45) is 0. The van der Waals surface area contributed by atoms with Crippen molar-refractivity contribution in [2.75, 3.05) is 5.73 Å². The summed E-state index contributed by atoms with van der Waals surface area (Å²) in [5, 5.41) is 9.32. The summed E-state index contributed by atoms with van der Waals surface area (Å²) in [7, 11) is 0. The van der Waals surface area contributed by atoms with Crippen LogP contribution in [0.3, 0.4) is 0 Å².